The van der Waals surface area contributed by atoms with Crippen LogP contribution in [0.25, 0.3) is 0 Å². The molecule has 114 valence electrons. The largest absolute Gasteiger partial charge is 0.481 e. The molecule has 0 spiro atoms. The van der Waals surface area contributed by atoms with E-state index in [1.54, 1.807) is 32.6 Å². The van der Waals surface area contributed by atoms with Gasteiger partial charge >= 0.3 is 5.97 Å². The Morgan fingerprint density at radius 3 is 2.30 bits per heavy atom. The van der Waals surface area contributed by atoms with Crippen LogP contribution >= 0.6 is 0 Å². The van der Waals surface area contributed by atoms with Gasteiger partial charge in [-0.3, -0.25) is 14.4 Å². The number of carboxylic acids is 1. The molecule has 1 unspecified atom stereocenters. The summed E-state index contributed by atoms with van der Waals surface area (Å²) in [5, 5.41) is 12.1. The number of aliphatic carboxylic acids is 1. The van der Waals surface area contributed by atoms with Gasteiger partial charge < -0.3 is 15.3 Å². The standard InChI is InChI=1S/C14H24N2O4/c1-6-16-8-9(7-10(16)17)11(18)15-14(4,5)13(2,3)12(19)20/h9H,6-8H2,1-5H3,(H,15,18)(H,19,20). The second-order valence-corrected chi connectivity index (χ2v) is 6.38. The number of likely N-dealkylation sites (tertiary alicyclic amines) is 1. The van der Waals surface area contributed by atoms with Gasteiger partial charge in [-0.2, -0.15) is 0 Å². The summed E-state index contributed by atoms with van der Waals surface area (Å²) in [4.78, 5) is 36.8. The minimum Gasteiger partial charge on any atom is -0.481 e. The monoisotopic (exact) mass is 284 g/mol. The lowest BCUT2D eigenvalue weighted by molar-refractivity contribution is -0.152. The highest BCUT2D eigenvalue weighted by Gasteiger charge is 2.46. The zero-order valence-electron chi connectivity index (χ0n) is 12.8. The summed E-state index contributed by atoms with van der Waals surface area (Å²) in [5.74, 6) is -1.65. The lowest BCUT2D eigenvalue weighted by atomic mass is 9.74. The SMILES string of the molecule is CCN1CC(C(=O)NC(C)(C)C(C)(C)C(=O)O)CC1=O. The molecule has 1 heterocycles. The molecule has 1 aliphatic heterocycles. The molecule has 20 heavy (non-hydrogen) atoms. The van der Waals surface area contributed by atoms with E-state index >= 15 is 0 Å². The van der Waals surface area contributed by atoms with E-state index in [4.69, 9.17) is 0 Å². The molecule has 1 atom stereocenters. The van der Waals surface area contributed by atoms with Crippen LogP contribution in [0.1, 0.15) is 41.0 Å². The van der Waals surface area contributed by atoms with Gasteiger partial charge in [0.2, 0.25) is 11.8 Å². The van der Waals surface area contributed by atoms with E-state index in [2.05, 4.69) is 5.32 Å². The Labute approximate surface area is 119 Å². The lowest BCUT2D eigenvalue weighted by Crippen LogP contribution is -2.58. The third-order valence-electron chi connectivity index (χ3n) is 4.50. The number of carbonyl (C=O) groups excluding carboxylic acids is 2. The molecule has 2 amide bonds. The summed E-state index contributed by atoms with van der Waals surface area (Å²) < 4.78 is 0. The molecule has 0 aromatic heterocycles. The maximum Gasteiger partial charge on any atom is 0.311 e. The van der Waals surface area contributed by atoms with Gasteiger partial charge in [0.25, 0.3) is 0 Å². The fourth-order valence-electron chi connectivity index (χ4n) is 2.09. The Morgan fingerprint density at radius 2 is 1.90 bits per heavy atom. The highest BCUT2D eigenvalue weighted by molar-refractivity contribution is 5.90. The molecule has 1 saturated heterocycles. The van der Waals surface area contributed by atoms with Crippen LogP contribution in [0.15, 0.2) is 0 Å². The normalized spacial score (nSPS) is 20.1. The highest BCUT2D eigenvalue weighted by Crippen LogP contribution is 2.31. The van der Waals surface area contributed by atoms with Gasteiger partial charge in [-0.05, 0) is 34.6 Å². The molecule has 2 N–H and O–H groups in total. The number of amides is 2. The second-order valence-electron chi connectivity index (χ2n) is 6.38. The van der Waals surface area contributed by atoms with E-state index in [1.807, 2.05) is 6.92 Å². The van der Waals surface area contributed by atoms with Crippen molar-refractivity contribution in [1.82, 2.24) is 10.2 Å². The van der Waals surface area contributed by atoms with Gasteiger partial charge in [-0.15, -0.1) is 0 Å². The van der Waals surface area contributed by atoms with Crippen molar-refractivity contribution in [3.63, 3.8) is 0 Å². The third-order valence-corrected chi connectivity index (χ3v) is 4.50. The summed E-state index contributed by atoms with van der Waals surface area (Å²) in [5.41, 5.74) is -2.01. The Kier molecular flexibility index (Phi) is 4.46. The predicted molar refractivity (Wildman–Crippen MR) is 74.0 cm³/mol. The summed E-state index contributed by atoms with van der Waals surface area (Å²) >= 11 is 0. The van der Waals surface area contributed by atoms with Crippen LogP contribution in [0, 0.1) is 11.3 Å². The molecule has 1 fully saturated rings. The van der Waals surface area contributed by atoms with Crippen molar-refractivity contribution in [2.75, 3.05) is 13.1 Å². The van der Waals surface area contributed by atoms with Crippen molar-refractivity contribution in [2.45, 2.75) is 46.6 Å². The number of hydrogen-bond acceptors (Lipinski definition) is 3. The molecule has 0 radical (unpaired) electrons. The quantitative estimate of drug-likeness (QED) is 0.784. The number of nitrogens with zero attached hydrogens (tertiary/aromatic N) is 1. The summed E-state index contributed by atoms with van der Waals surface area (Å²) in [7, 11) is 0. The number of hydrogen-bond donors (Lipinski definition) is 2. The second kappa shape index (κ2) is 5.42. The van der Waals surface area contributed by atoms with E-state index < -0.39 is 22.8 Å². The van der Waals surface area contributed by atoms with Crippen molar-refractivity contribution in [1.29, 1.82) is 0 Å². The zero-order chi connectivity index (χ0) is 15.7. The molecule has 0 aromatic rings. The fourth-order valence-corrected chi connectivity index (χ4v) is 2.09. The van der Waals surface area contributed by atoms with Crippen LogP contribution in [0.4, 0.5) is 0 Å². The number of rotatable bonds is 5. The predicted octanol–water partition coefficient (Wildman–Crippen LogP) is 0.860. The third kappa shape index (κ3) is 2.94. The van der Waals surface area contributed by atoms with E-state index in [9.17, 15) is 19.5 Å². The first-order valence-electron chi connectivity index (χ1n) is 6.86. The number of nitrogens with one attached hydrogen (secondary N) is 1. The zero-order valence-corrected chi connectivity index (χ0v) is 12.8. The fraction of sp³-hybridized carbons (Fsp3) is 0.786. The molecule has 6 nitrogen and oxygen atoms in total. The Bertz CT molecular complexity index is 429. The molecule has 0 aromatic carbocycles. The van der Waals surface area contributed by atoms with Crippen LogP contribution in [0.2, 0.25) is 0 Å². The van der Waals surface area contributed by atoms with E-state index in [-0.39, 0.29) is 18.2 Å². The molecule has 0 saturated carbocycles. The molecule has 0 bridgehead atoms. The first-order valence-corrected chi connectivity index (χ1v) is 6.86. The van der Waals surface area contributed by atoms with Gasteiger partial charge in [0.05, 0.1) is 11.3 Å². The lowest BCUT2D eigenvalue weighted by Gasteiger charge is -2.39. The highest BCUT2D eigenvalue weighted by atomic mass is 16.4. The minimum absolute atomic E-state index is 0.0250. The topological polar surface area (TPSA) is 86.7 Å². The van der Waals surface area contributed by atoms with Crippen molar-refractivity contribution in [3.05, 3.63) is 0 Å². The molecule has 1 rings (SSSR count). The van der Waals surface area contributed by atoms with Crippen LogP contribution in [-0.2, 0) is 14.4 Å². The molecular formula is C14H24N2O4. The van der Waals surface area contributed by atoms with Gasteiger partial charge in [-0.1, -0.05) is 0 Å². The Hall–Kier alpha value is -1.59. The maximum absolute atomic E-state index is 12.3. The van der Waals surface area contributed by atoms with E-state index in [0.717, 1.165) is 0 Å². The summed E-state index contributed by atoms with van der Waals surface area (Å²) in [6, 6.07) is 0. The van der Waals surface area contributed by atoms with Crippen molar-refractivity contribution in [2.24, 2.45) is 11.3 Å². The summed E-state index contributed by atoms with van der Waals surface area (Å²) in [6.07, 6.45) is 0.198. The molecule has 6 heteroatoms. The van der Waals surface area contributed by atoms with E-state index in [0.29, 0.717) is 13.1 Å². The van der Waals surface area contributed by atoms with Crippen LogP contribution in [0.3, 0.4) is 0 Å². The smallest absolute Gasteiger partial charge is 0.311 e. The van der Waals surface area contributed by atoms with Gasteiger partial charge in [0.15, 0.2) is 0 Å². The number of carbonyl (C=O) groups is 3. The van der Waals surface area contributed by atoms with Crippen LogP contribution in [0.5, 0.6) is 0 Å². The minimum atomic E-state index is -1.10. The average Bonchev–Trinajstić information content (AvgIpc) is 2.69. The summed E-state index contributed by atoms with van der Waals surface area (Å²) in [6.45, 7) is 9.40. The van der Waals surface area contributed by atoms with Gasteiger partial charge in [0.1, 0.15) is 0 Å². The van der Waals surface area contributed by atoms with Crippen LogP contribution in [-0.4, -0.2) is 46.4 Å². The van der Waals surface area contributed by atoms with Crippen LogP contribution < -0.4 is 5.32 Å². The van der Waals surface area contributed by atoms with Gasteiger partial charge in [-0.25, -0.2) is 0 Å². The maximum atomic E-state index is 12.3. The Balaban J connectivity index is 2.76. The first kappa shape index (κ1) is 16.5. The Morgan fingerprint density at radius 1 is 1.35 bits per heavy atom. The van der Waals surface area contributed by atoms with Crippen molar-refractivity contribution >= 4 is 17.8 Å². The molecular weight excluding hydrogens is 260 g/mol. The molecule has 1 aliphatic rings. The van der Waals surface area contributed by atoms with E-state index in [1.165, 1.54) is 0 Å². The molecule has 0 aliphatic carbocycles. The number of carboxylic acid groups (broad SMARTS) is 1. The van der Waals surface area contributed by atoms with Gasteiger partial charge in [0, 0.05) is 25.0 Å². The van der Waals surface area contributed by atoms with Crippen molar-refractivity contribution < 1.29 is 19.5 Å². The average molecular weight is 284 g/mol. The first-order chi connectivity index (χ1) is 9.02. The van der Waals surface area contributed by atoms with Crippen molar-refractivity contribution in [3.8, 4) is 0 Å².